The molecule has 0 aliphatic heterocycles. The number of hydrogen-bond acceptors (Lipinski definition) is 3. The molecule has 1 aromatic heterocycles. The first-order valence-corrected chi connectivity index (χ1v) is 10.6. The lowest BCUT2D eigenvalue weighted by Crippen LogP contribution is -2.25. The quantitative estimate of drug-likeness (QED) is 0.487. The minimum Gasteiger partial charge on any atom is -0.494 e. The van der Waals surface area contributed by atoms with Gasteiger partial charge in [-0.25, -0.2) is 4.98 Å². The van der Waals surface area contributed by atoms with Gasteiger partial charge in [0.15, 0.2) is 0 Å². The summed E-state index contributed by atoms with van der Waals surface area (Å²) in [5.41, 5.74) is 3.49. The van der Waals surface area contributed by atoms with Crippen LogP contribution in [0.2, 0.25) is 0 Å². The van der Waals surface area contributed by atoms with Crippen LogP contribution in [0.1, 0.15) is 44.5 Å². The minimum absolute atomic E-state index is 0.0804. The second-order valence-electron chi connectivity index (χ2n) is 7.17. The van der Waals surface area contributed by atoms with Crippen molar-refractivity contribution < 1.29 is 9.53 Å². The molecule has 0 aliphatic rings. The van der Waals surface area contributed by atoms with Crippen molar-refractivity contribution in [3.8, 4) is 5.75 Å². The second kappa shape index (κ2) is 10.6. The molecule has 29 heavy (non-hydrogen) atoms. The van der Waals surface area contributed by atoms with Crippen molar-refractivity contribution >= 4 is 16.9 Å². The van der Waals surface area contributed by atoms with Crippen molar-refractivity contribution in [3.63, 3.8) is 0 Å². The number of para-hydroxylation sites is 2. The van der Waals surface area contributed by atoms with E-state index >= 15 is 0 Å². The number of rotatable bonds is 11. The van der Waals surface area contributed by atoms with Crippen LogP contribution in [0, 0.1) is 0 Å². The van der Waals surface area contributed by atoms with Crippen LogP contribution in [0.3, 0.4) is 0 Å². The van der Waals surface area contributed by atoms with Crippen LogP contribution in [0.5, 0.6) is 5.75 Å². The molecule has 0 bridgehead atoms. The van der Waals surface area contributed by atoms with Crippen molar-refractivity contribution in [2.24, 2.45) is 0 Å². The molecule has 0 unspecified atom stereocenters. The molecular weight excluding hydrogens is 362 g/mol. The number of hydrogen-bond donors (Lipinski definition) is 1. The highest BCUT2D eigenvalue weighted by atomic mass is 16.5. The Labute approximate surface area is 173 Å². The highest BCUT2D eigenvalue weighted by molar-refractivity contribution is 5.76. The van der Waals surface area contributed by atoms with Crippen LogP contribution in [-0.2, 0) is 24.2 Å². The van der Waals surface area contributed by atoms with Gasteiger partial charge in [-0.2, -0.15) is 0 Å². The van der Waals surface area contributed by atoms with Crippen molar-refractivity contribution in [1.29, 1.82) is 0 Å². The van der Waals surface area contributed by atoms with E-state index in [0.717, 1.165) is 54.8 Å². The smallest absolute Gasteiger partial charge is 0.219 e. The Kier molecular flexibility index (Phi) is 7.68. The van der Waals surface area contributed by atoms with E-state index in [1.54, 1.807) is 0 Å². The molecule has 0 fully saturated rings. The van der Waals surface area contributed by atoms with Gasteiger partial charge in [0, 0.05) is 25.9 Å². The Morgan fingerprint density at radius 1 is 1.07 bits per heavy atom. The molecule has 0 radical (unpaired) electrons. The number of nitrogens with zero attached hydrogens (tertiary/aromatic N) is 2. The third-order valence-electron chi connectivity index (χ3n) is 5.10. The van der Waals surface area contributed by atoms with E-state index in [0.29, 0.717) is 19.6 Å². The van der Waals surface area contributed by atoms with Gasteiger partial charge in [0.05, 0.1) is 17.6 Å². The predicted molar refractivity (Wildman–Crippen MR) is 117 cm³/mol. The predicted octanol–water partition coefficient (Wildman–Crippen LogP) is 4.53. The van der Waals surface area contributed by atoms with Crippen LogP contribution in [0.25, 0.3) is 11.0 Å². The van der Waals surface area contributed by atoms with Crippen LogP contribution in [0.15, 0.2) is 48.5 Å². The number of nitrogens with one attached hydrogen (secondary N) is 1. The van der Waals surface area contributed by atoms with Crippen LogP contribution >= 0.6 is 0 Å². The van der Waals surface area contributed by atoms with E-state index in [1.807, 2.05) is 37.3 Å². The lowest BCUT2D eigenvalue weighted by molar-refractivity contribution is -0.120. The van der Waals surface area contributed by atoms with Crippen LogP contribution in [0.4, 0.5) is 0 Å². The Morgan fingerprint density at radius 3 is 2.62 bits per heavy atom. The molecule has 154 valence electrons. The van der Waals surface area contributed by atoms with E-state index in [4.69, 9.17) is 9.72 Å². The SMILES string of the molecule is CCC(=O)NCCc1nc2ccccc2n1CCCCOc1ccc(CC)cc1. The van der Waals surface area contributed by atoms with Gasteiger partial charge in [-0.15, -0.1) is 0 Å². The van der Waals surface area contributed by atoms with Crippen molar-refractivity contribution in [2.45, 2.75) is 52.5 Å². The fourth-order valence-corrected chi connectivity index (χ4v) is 3.39. The fraction of sp³-hybridized carbons (Fsp3) is 0.417. The van der Waals surface area contributed by atoms with Crippen molar-refractivity contribution in [3.05, 3.63) is 59.9 Å². The van der Waals surface area contributed by atoms with Crippen molar-refractivity contribution in [1.82, 2.24) is 14.9 Å². The number of fused-ring (bicyclic) bond motifs is 1. The minimum atomic E-state index is 0.0804. The van der Waals surface area contributed by atoms with Crippen molar-refractivity contribution in [2.75, 3.05) is 13.2 Å². The van der Waals surface area contributed by atoms with Gasteiger partial charge in [0.2, 0.25) is 5.91 Å². The van der Waals surface area contributed by atoms with Gasteiger partial charge < -0.3 is 14.6 Å². The summed E-state index contributed by atoms with van der Waals surface area (Å²) in [4.78, 5) is 16.3. The summed E-state index contributed by atoms with van der Waals surface area (Å²) >= 11 is 0. The first kappa shape index (κ1) is 20.9. The number of imidazole rings is 1. The maximum atomic E-state index is 11.5. The average Bonchev–Trinajstić information content (AvgIpc) is 3.11. The van der Waals surface area contributed by atoms with Gasteiger partial charge in [0.25, 0.3) is 0 Å². The number of amides is 1. The lowest BCUT2D eigenvalue weighted by Gasteiger charge is -2.11. The topological polar surface area (TPSA) is 56.2 Å². The number of ether oxygens (including phenoxy) is 1. The number of unbranched alkanes of at least 4 members (excludes halogenated alkanes) is 1. The zero-order valence-electron chi connectivity index (χ0n) is 17.5. The molecular formula is C24H31N3O2. The van der Waals surface area contributed by atoms with Crippen LogP contribution in [-0.4, -0.2) is 28.6 Å². The Morgan fingerprint density at radius 2 is 1.86 bits per heavy atom. The summed E-state index contributed by atoms with van der Waals surface area (Å²) in [7, 11) is 0. The Balaban J connectivity index is 1.53. The van der Waals surface area contributed by atoms with Crippen LogP contribution < -0.4 is 10.1 Å². The highest BCUT2D eigenvalue weighted by Crippen LogP contribution is 2.18. The number of aromatic nitrogens is 2. The standard InChI is InChI=1S/C24H31N3O2/c1-3-19-11-13-20(14-12-19)29-18-8-7-17-27-22-10-6-5-9-21(22)26-23(27)15-16-25-24(28)4-2/h5-6,9-14H,3-4,7-8,15-18H2,1-2H3,(H,25,28). The molecule has 0 saturated heterocycles. The number of carbonyl (C=O) groups is 1. The van der Waals surface area contributed by atoms with Gasteiger partial charge in [-0.05, 0) is 49.1 Å². The molecule has 3 aromatic rings. The zero-order chi connectivity index (χ0) is 20.5. The molecule has 1 amide bonds. The van der Waals surface area contributed by atoms with E-state index < -0.39 is 0 Å². The van der Waals surface area contributed by atoms with Gasteiger partial charge >= 0.3 is 0 Å². The summed E-state index contributed by atoms with van der Waals surface area (Å²) in [6.07, 6.45) is 4.29. The number of carbonyl (C=O) groups excluding carboxylic acids is 1. The largest absolute Gasteiger partial charge is 0.494 e. The molecule has 0 aliphatic carbocycles. The number of benzene rings is 2. The number of aryl methyl sites for hydroxylation is 2. The first-order valence-electron chi connectivity index (χ1n) is 10.6. The van der Waals surface area contributed by atoms with Gasteiger partial charge in [-0.1, -0.05) is 38.1 Å². The fourth-order valence-electron chi connectivity index (χ4n) is 3.39. The summed E-state index contributed by atoms with van der Waals surface area (Å²) < 4.78 is 8.16. The normalized spacial score (nSPS) is 11.0. The summed E-state index contributed by atoms with van der Waals surface area (Å²) in [6, 6.07) is 16.6. The van der Waals surface area contributed by atoms with E-state index in [9.17, 15) is 4.79 Å². The van der Waals surface area contributed by atoms with E-state index in [2.05, 4.69) is 35.0 Å². The summed E-state index contributed by atoms with van der Waals surface area (Å²) in [5.74, 6) is 2.04. The molecule has 0 saturated carbocycles. The monoisotopic (exact) mass is 393 g/mol. The lowest BCUT2D eigenvalue weighted by atomic mass is 10.2. The molecule has 5 heteroatoms. The summed E-state index contributed by atoms with van der Waals surface area (Å²) in [6.45, 7) is 6.25. The van der Waals surface area contributed by atoms with Gasteiger partial charge in [-0.3, -0.25) is 4.79 Å². The maximum Gasteiger partial charge on any atom is 0.219 e. The third kappa shape index (κ3) is 5.83. The van der Waals surface area contributed by atoms with E-state index in [1.165, 1.54) is 5.56 Å². The molecule has 5 nitrogen and oxygen atoms in total. The zero-order valence-corrected chi connectivity index (χ0v) is 17.5. The average molecular weight is 394 g/mol. The highest BCUT2D eigenvalue weighted by Gasteiger charge is 2.10. The third-order valence-corrected chi connectivity index (χ3v) is 5.10. The Bertz CT molecular complexity index is 916. The molecule has 1 heterocycles. The Hall–Kier alpha value is -2.82. The molecule has 0 atom stereocenters. The summed E-state index contributed by atoms with van der Waals surface area (Å²) in [5, 5.41) is 2.94. The van der Waals surface area contributed by atoms with E-state index in [-0.39, 0.29) is 5.91 Å². The first-order chi connectivity index (χ1) is 14.2. The second-order valence-corrected chi connectivity index (χ2v) is 7.17. The maximum absolute atomic E-state index is 11.5. The molecule has 2 aromatic carbocycles. The molecule has 1 N–H and O–H groups in total. The molecule has 3 rings (SSSR count). The van der Waals surface area contributed by atoms with Gasteiger partial charge in [0.1, 0.15) is 11.6 Å². The molecule has 0 spiro atoms.